The third-order valence-corrected chi connectivity index (χ3v) is 3.72. The fourth-order valence-electron chi connectivity index (χ4n) is 2.69. The van der Waals surface area contributed by atoms with Crippen molar-refractivity contribution < 1.29 is 4.79 Å². The first-order valence-electron chi connectivity index (χ1n) is 6.27. The third kappa shape index (κ3) is 1.49. The summed E-state index contributed by atoms with van der Waals surface area (Å²) in [6, 6.07) is 10.2. The van der Waals surface area contributed by atoms with Gasteiger partial charge in [-0.2, -0.15) is 0 Å². The van der Waals surface area contributed by atoms with Crippen molar-refractivity contribution in [2.24, 2.45) is 14.1 Å². The number of carbonyl (C=O) groups is 1. The fraction of sp³-hybridized carbons (Fsp3) is 0.267. The zero-order chi connectivity index (χ0) is 13.7. The highest BCUT2D eigenvalue weighted by Crippen LogP contribution is 2.30. The summed E-state index contributed by atoms with van der Waals surface area (Å²) >= 11 is 0. The van der Waals surface area contributed by atoms with Gasteiger partial charge in [-0.15, -0.1) is 0 Å². The topological polar surface area (TPSA) is 30.2 Å². The van der Waals surface area contributed by atoms with Crippen LogP contribution in [0.4, 0.5) is 0 Å². The van der Waals surface area contributed by atoms with Crippen LogP contribution in [0.25, 0.3) is 21.9 Å². The van der Waals surface area contributed by atoms with Gasteiger partial charge in [0.1, 0.15) is 5.69 Å². The number of aryl methyl sites for hydroxylation is 2. The van der Waals surface area contributed by atoms with Crippen molar-refractivity contribution in [3.8, 4) is 0 Å². The van der Waals surface area contributed by atoms with E-state index in [0.29, 0.717) is 0 Å². The Morgan fingerprint density at radius 3 is 2.42 bits per heavy atom. The summed E-state index contributed by atoms with van der Waals surface area (Å²) in [6.07, 6.45) is 0. The molecule has 2 heterocycles. The maximum Gasteiger partial charge on any atom is 0.270 e. The van der Waals surface area contributed by atoms with E-state index >= 15 is 0 Å². The van der Waals surface area contributed by atoms with E-state index in [1.807, 2.05) is 36.9 Å². The normalized spacial score (nSPS) is 11.4. The van der Waals surface area contributed by atoms with Gasteiger partial charge in [0.15, 0.2) is 0 Å². The molecule has 3 aromatic rings. The van der Waals surface area contributed by atoms with Crippen LogP contribution in [0.2, 0.25) is 0 Å². The van der Waals surface area contributed by atoms with Gasteiger partial charge < -0.3 is 14.0 Å². The first-order valence-corrected chi connectivity index (χ1v) is 6.27. The van der Waals surface area contributed by atoms with Crippen molar-refractivity contribution in [1.82, 2.24) is 14.0 Å². The molecule has 0 radical (unpaired) electrons. The molecule has 3 rings (SSSR count). The van der Waals surface area contributed by atoms with E-state index in [9.17, 15) is 4.79 Å². The first-order chi connectivity index (χ1) is 9.02. The summed E-state index contributed by atoms with van der Waals surface area (Å²) in [4.78, 5) is 13.8. The summed E-state index contributed by atoms with van der Waals surface area (Å²) in [5.41, 5.74) is 4.11. The molecule has 0 fully saturated rings. The van der Waals surface area contributed by atoms with Gasteiger partial charge in [0, 0.05) is 33.6 Å². The molecule has 2 aromatic heterocycles. The molecule has 0 aliphatic heterocycles. The lowest BCUT2D eigenvalue weighted by Gasteiger charge is -2.11. The lowest BCUT2D eigenvalue weighted by Crippen LogP contribution is -2.23. The van der Waals surface area contributed by atoms with E-state index in [0.717, 1.165) is 16.7 Å². The van der Waals surface area contributed by atoms with Crippen LogP contribution in [0, 0.1) is 0 Å². The van der Waals surface area contributed by atoms with Gasteiger partial charge >= 0.3 is 0 Å². The average Bonchev–Trinajstić information content (AvgIpc) is 2.87. The van der Waals surface area contributed by atoms with Crippen LogP contribution < -0.4 is 0 Å². The zero-order valence-electron chi connectivity index (χ0n) is 11.6. The predicted octanol–water partition coefficient (Wildman–Crippen LogP) is 2.37. The van der Waals surface area contributed by atoms with Crippen molar-refractivity contribution in [3.05, 3.63) is 36.0 Å². The minimum atomic E-state index is 0.0304. The number of amides is 1. The van der Waals surface area contributed by atoms with Crippen molar-refractivity contribution in [2.75, 3.05) is 14.1 Å². The first kappa shape index (κ1) is 11.8. The molecular weight excluding hydrogens is 238 g/mol. The molecule has 0 atom stereocenters. The quantitative estimate of drug-likeness (QED) is 0.656. The van der Waals surface area contributed by atoms with E-state index < -0.39 is 0 Å². The summed E-state index contributed by atoms with van der Waals surface area (Å²) in [5.74, 6) is 0.0304. The molecule has 19 heavy (non-hydrogen) atoms. The fourth-order valence-corrected chi connectivity index (χ4v) is 2.69. The molecule has 1 aromatic carbocycles. The van der Waals surface area contributed by atoms with Gasteiger partial charge in [0.2, 0.25) is 0 Å². The number of rotatable bonds is 1. The molecule has 4 heteroatoms. The lowest BCUT2D eigenvalue weighted by atomic mass is 10.2. The Morgan fingerprint density at radius 1 is 1.05 bits per heavy atom. The van der Waals surface area contributed by atoms with Crippen molar-refractivity contribution >= 4 is 27.8 Å². The molecule has 0 saturated heterocycles. The molecule has 0 bridgehead atoms. The number of hydrogen-bond donors (Lipinski definition) is 0. The average molecular weight is 255 g/mol. The molecule has 0 unspecified atom stereocenters. The number of hydrogen-bond acceptors (Lipinski definition) is 1. The van der Waals surface area contributed by atoms with E-state index in [-0.39, 0.29) is 5.91 Å². The maximum atomic E-state index is 12.2. The number of para-hydroxylation sites is 1. The SMILES string of the molecule is CN(C)C(=O)c1cc2c(c3ccccc3n2C)n1C. The molecule has 0 spiro atoms. The van der Waals surface area contributed by atoms with Gasteiger partial charge in [-0.25, -0.2) is 0 Å². The minimum Gasteiger partial charge on any atom is -0.343 e. The number of nitrogens with zero attached hydrogens (tertiary/aromatic N) is 3. The maximum absolute atomic E-state index is 12.2. The van der Waals surface area contributed by atoms with E-state index in [1.165, 1.54) is 10.9 Å². The van der Waals surface area contributed by atoms with Crippen LogP contribution in [-0.2, 0) is 14.1 Å². The molecule has 1 amide bonds. The van der Waals surface area contributed by atoms with Crippen molar-refractivity contribution in [1.29, 1.82) is 0 Å². The molecule has 0 aliphatic carbocycles. The summed E-state index contributed by atoms with van der Waals surface area (Å²) < 4.78 is 4.12. The van der Waals surface area contributed by atoms with Crippen molar-refractivity contribution in [2.45, 2.75) is 0 Å². The summed E-state index contributed by atoms with van der Waals surface area (Å²) in [7, 11) is 7.54. The van der Waals surface area contributed by atoms with Crippen LogP contribution in [0.3, 0.4) is 0 Å². The Bertz CT molecular complexity index is 793. The molecule has 98 valence electrons. The summed E-state index contributed by atoms with van der Waals surface area (Å²) in [5, 5.41) is 1.18. The van der Waals surface area contributed by atoms with Gasteiger partial charge in [0.05, 0.1) is 16.6 Å². The molecule has 4 nitrogen and oxygen atoms in total. The Labute approximate surface area is 111 Å². The third-order valence-electron chi connectivity index (χ3n) is 3.72. The van der Waals surface area contributed by atoms with Crippen LogP contribution in [-0.4, -0.2) is 34.0 Å². The monoisotopic (exact) mass is 255 g/mol. The van der Waals surface area contributed by atoms with Crippen LogP contribution in [0.5, 0.6) is 0 Å². The number of benzene rings is 1. The number of carbonyl (C=O) groups excluding carboxylic acids is 1. The lowest BCUT2D eigenvalue weighted by molar-refractivity contribution is 0.0819. The van der Waals surface area contributed by atoms with E-state index in [2.05, 4.69) is 16.7 Å². The smallest absolute Gasteiger partial charge is 0.270 e. The van der Waals surface area contributed by atoms with Crippen LogP contribution in [0.15, 0.2) is 30.3 Å². The Hall–Kier alpha value is -2.23. The second-order valence-corrected chi connectivity index (χ2v) is 5.10. The van der Waals surface area contributed by atoms with Gasteiger partial charge in [-0.05, 0) is 12.1 Å². The predicted molar refractivity (Wildman–Crippen MR) is 77.4 cm³/mol. The van der Waals surface area contributed by atoms with Gasteiger partial charge in [-0.1, -0.05) is 18.2 Å². The minimum absolute atomic E-state index is 0.0304. The molecule has 0 aliphatic rings. The highest BCUT2D eigenvalue weighted by molar-refractivity contribution is 6.09. The number of aromatic nitrogens is 2. The largest absolute Gasteiger partial charge is 0.343 e. The second kappa shape index (κ2) is 3.88. The Kier molecular flexibility index (Phi) is 2.42. The standard InChI is InChI=1S/C15H17N3O/c1-16(2)15(19)13-9-12-14(18(13)4)10-7-5-6-8-11(10)17(12)3/h5-9H,1-4H3. The van der Waals surface area contributed by atoms with Gasteiger partial charge in [0.25, 0.3) is 5.91 Å². The Balaban J connectivity index is 2.40. The molecule has 0 N–H and O–H groups in total. The number of fused-ring (bicyclic) bond motifs is 3. The molecule has 0 saturated carbocycles. The summed E-state index contributed by atoms with van der Waals surface area (Å²) in [6.45, 7) is 0. The highest BCUT2D eigenvalue weighted by Gasteiger charge is 2.19. The zero-order valence-corrected chi connectivity index (χ0v) is 11.6. The second-order valence-electron chi connectivity index (χ2n) is 5.10. The van der Waals surface area contributed by atoms with Crippen LogP contribution >= 0.6 is 0 Å². The highest BCUT2D eigenvalue weighted by atomic mass is 16.2. The molecular formula is C15H17N3O. The van der Waals surface area contributed by atoms with E-state index in [4.69, 9.17) is 0 Å². The Morgan fingerprint density at radius 2 is 1.74 bits per heavy atom. The van der Waals surface area contributed by atoms with Gasteiger partial charge in [-0.3, -0.25) is 4.79 Å². The van der Waals surface area contributed by atoms with Crippen LogP contribution in [0.1, 0.15) is 10.5 Å². The van der Waals surface area contributed by atoms with E-state index in [1.54, 1.807) is 19.0 Å². The van der Waals surface area contributed by atoms with Crippen molar-refractivity contribution in [3.63, 3.8) is 0 Å².